The number of halogens is 2. The van der Waals surface area contributed by atoms with Crippen molar-refractivity contribution >= 4 is 94.5 Å². The van der Waals surface area contributed by atoms with Crippen LogP contribution in [0.25, 0.3) is 4.85 Å². The van der Waals surface area contributed by atoms with E-state index in [1.807, 2.05) is 69.0 Å². The summed E-state index contributed by atoms with van der Waals surface area (Å²) in [6.07, 6.45) is -58.8. The van der Waals surface area contributed by atoms with Crippen LogP contribution in [0.1, 0.15) is 387 Å². The molecule has 6 saturated heterocycles. The van der Waals surface area contributed by atoms with Gasteiger partial charge in [0.05, 0.1) is 91.7 Å². The van der Waals surface area contributed by atoms with Crippen molar-refractivity contribution in [3.63, 3.8) is 0 Å². The fraction of sp³-hybridized carbons (Fsp3) is 0.602. The number of carbonyl (C=O) groups excluding carboxylic acids is 5. The van der Waals surface area contributed by atoms with E-state index in [4.69, 9.17) is 129 Å². The fourth-order valence-electron chi connectivity index (χ4n) is 14.1. The van der Waals surface area contributed by atoms with Crippen LogP contribution in [0.2, 0.25) is 0 Å². The minimum Gasteiger partial charge on any atom is -1.00 e. The van der Waals surface area contributed by atoms with Crippen LogP contribution in [0, 0.1) is 71.2 Å². The zero-order valence-corrected chi connectivity index (χ0v) is 90.5. The van der Waals surface area contributed by atoms with Gasteiger partial charge in [-0.05, 0) is 248 Å². The van der Waals surface area contributed by atoms with Crippen molar-refractivity contribution < 1.29 is 241 Å². The Balaban J connectivity index is 0.00000219. The molecular weight excluding hydrogens is 1970 g/mol. The summed E-state index contributed by atoms with van der Waals surface area (Å²) in [6, 6.07) is 32.2. The van der Waals surface area contributed by atoms with Crippen LogP contribution >= 0.6 is 27.3 Å². The molecule has 6 aromatic rings. The van der Waals surface area contributed by atoms with Gasteiger partial charge in [-0.2, -0.15) is 34.9 Å². The van der Waals surface area contributed by atoms with E-state index in [2.05, 4.69) is 50.4 Å². The molecule has 5 atom stereocenters. The number of pyridine rings is 5. The number of hydrogen-bond acceptors (Lipinski definition) is 27. The summed E-state index contributed by atoms with van der Waals surface area (Å²) in [5.41, 5.74) is -21.5. The number of thiophene rings is 1. The summed E-state index contributed by atoms with van der Waals surface area (Å²) < 4.78 is 458. The van der Waals surface area contributed by atoms with Crippen LogP contribution in [-0.4, -0.2) is 190 Å². The van der Waals surface area contributed by atoms with Crippen LogP contribution in [0.5, 0.6) is 0 Å². The standard InChI is InChI=1S/C18H22N2O3.2C16H20N2O.C16H21NO2.C13H17NO3.C9H14O2.C6H9NS.C5H4BrN.C4H5NO.C3H7.C2H4O2.B.ClH.K.Mg.H3N.Na.H2O.H/c1-22-16(21)14(12-19)18(15-6-2-5-10-20-15)9-11-23-17(13-18)7-3-4-8-17;2*17-10-8-15(14-5-1-4-11-18-14)9-12-19-16(13-15)6-2-3-7-16;18-11-8-15(14-5-1-4-10-17-14)9-12-19-16(13-15)6-2-3-7-16;1-14-11(12(15)16-2)10-5-8-17-13(9-10)6-3-4-7-13;10-8-3-6-11-9(7-8)4-1-2-5-9;1-5-2-3-8-6(5)4-7;6-5-3-1-2-4-7-5;1-4(6)2-3-5;1-3-2;1-2(3)4;;;;;;;;/h2,5-6,10,14H,3-4,7-9,11,13H2,1H3;2*1,4-5,11H,2-3,6-9,12-13H2;1,4-5,10-11H,2-3,6-9,12-13H2;3-9H2,2H3;1-7H2;2-3H,4,7H2,1H3;1-4H;2H2,1H3;3H,1-2H3;1H3,(H,3,4);;1H;;;1H3;;1H2;/q;;;;;;;;;-1;;;;+1;+2;;+1;;-1/p-2/b;;;;11-10+;;;;;;;;;;;;;;/i7D2,8D2,9D2,13D2;3*6D2,7D2,9D2,13D2;5D2,6D2,7D2,9D2;3D2,4D2,5D2,7D2;4D2;;;;;;;;;;;;. The van der Waals surface area contributed by atoms with Gasteiger partial charge >= 0.3 is 116 Å². The second kappa shape index (κ2) is 69.3. The molecule has 6 aliphatic heterocycles. The van der Waals surface area contributed by atoms with Gasteiger partial charge in [0.25, 0.3) is 11.7 Å². The second-order valence-corrected chi connectivity index (χ2v) is 31.5. The molecule has 0 bridgehead atoms. The number of ketones is 2. The molecule has 7 N–H and O–H groups in total. The number of carboxylic acid groups (broad SMARTS) is 1. The van der Waals surface area contributed by atoms with Crippen molar-refractivity contribution in [2.24, 2.45) is 11.7 Å². The fourth-order valence-corrected chi connectivity index (χ4v) is 15.1. The van der Waals surface area contributed by atoms with E-state index in [1.54, 1.807) is 36.5 Å². The quantitative estimate of drug-likeness (QED) is 0.0241. The Kier molecular flexibility index (Phi) is 35.1. The molecule has 12 heterocycles. The van der Waals surface area contributed by atoms with Crippen molar-refractivity contribution in [3.05, 3.63) is 200 Å². The first kappa shape index (κ1) is 72.4. The van der Waals surface area contributed by atoms with E-state index < -0.39 is 327 Å². The molecule has 28 nitrogen and oxygen atoms in total. The zero-order chi connectivity index (χ0) is 143. The maximum Gasteiger partial charge on any atom is 2.00 e. The number of rotatable bonds is 13. The van der Waals surface area contributed by atoms with Gasteiger partial charge < -0.3 is 85.4 Å². The summed E-state index contributed by atoms with van der Waals surface area (Å²) in [4.78, 5) is 90.7. The predicted molar refractivity (Wildman–Crippen MR) is 543 cm³/mol. The minimum absolute atomic E-state index is 0. The largest absolute Gasteiger partial charge is 2.00 e. The molecule has 6 aromatic heterocycles. The minimum atomic E-state index is -3.26. The number of aliphatic carboxylic acids is 1. The Labute approximate surface area is 1020 Å². The molecule has 35 heteroatoms. The maximum absolute atomic E-state index is 12.7. The number of carbonyl (C=O) groups is 6. The van der Waals surface area contributed by atoms with Gasteiger partial charge in [-0.3, -0.25) is 43.9 Å². The number of aldehydes is 1. The average Bonchev–Trinajstić information content (AvgIpc) is 1.34. The van der Waals surface area contributed by atoms with Crippen LogP contribution in [0.4, 0.5) is 0 Å². The van der Waals surface area contributed by atoms with Crippen molar-refractivity contribution in [3.8, 4) is 24.3 Å². The molecule has 12 fully saturated rings. The topological polar surface area (TPSA) is 451 Å². The maximum atomic E-state index is 12.7. The number of hydrogen-bond donors (Lipinski definition) is 3. The van der Waals surface area contributed by atoms with Crippen molar-refractivity contribution in [2.45, 2.75) is 352 Å². The van der Waals surface area contributed by atoms with Gasteiger partial charge in [0.2, 0.25) is 0 Å². The Hall–Kier alpha value is -6.06. The molecule has 5 unspecified atom stereocenters. The van der Waals surface area contributed by atoms with Gasteiger partial charge in [0.15, 0.2) is 5.92 Å². The first-order valence-corrected chi connectivity index (χ1v) is 44.3. The third-order valence-corrected chi connectivity index (χ3v) is 21.6. The van der Waals surface area contributed by atoms with Crippen molar-refractivity contribution in [1.82, 2.24) is 31.1 Å². The molecule has 0 amide bonds. The van der Waals surface area contributed by atoms with E-state index in [1.165, 1.54) is 97.6 Å². The first-order valence-electron chi connectivity index (χ1n) is 67.7. The van der Waals surface area contributed by atoms with Crippen molar-refractivity contribution in [1.29, 1.82) is 21.0 Å². The number of aryl methyl sites for hydroxylation is 1. The van der Waals surface area contributed by atoms with E-state index in [9.17, 15) is 39.8 Å². The number of Topliss-reactive ketones (excluding diaryl/α,β-unsaturated/α-hetero) is 2. The van der Waals surface area contributed by atoms with Gasteiger partial charge in [0.1, 0.15) is 22.5 Å². The molecular formula is C108H148BBrClKMgN12NaO16S. The van der Waals surface area contributed by atoms with Gasteiger partial charge in [-0.25, -0.2) is 9.83 Å². The first-order chi connectivity index (χ1) is 84.6. The predicted octanol–water partition coefficient (Wildman–Crippen LogP) is 12.2. The number of carboxylic acids is 1. The number of aromatic nitrogens is 5. The van der Waals surface area contributed by atoms with Crippen LogP contribution in [0.15, 0.2) is 149 Å². The van der Waals surface area contributed by atoms with E-state index in [0.717, 1.165) is 31.3 Å². The molecule has 6 spiro atoms. The monoisotopic (exact) mass is 2160 g/mol. The summed E-state index contributed by atoms with van der Waals surface area (Å²) in [5.74, 6) is -6.98. The molecule has 763 valence electrons. The Morgan fingerprint density at radius 2 is 0.937 bits per heavy atom. The Morgan fingerprint density at radius 1 is 0.580 bits per heavy atom. The third kappa shape index (κ3) is 40.6. The third-order valence-electron chi connectivity index (χ3n) is 20.2. The van der Waals surface area contributed by atoms with E-state index >= 15 is 0 Å². The Bertz CT molecular complexity index is 7310. The number of methoxy groups -OCH3 is 2. The van der Waals surface area contributed by atoms with Crippen LogP contribution in [0.3, 0.4) is 0 Å². The summed E-state index contributed by atoms with van der Waals surface area (Å²) in [6.45, 7) is 8.87. The van der Waals surface area contributed by atoms with Crippen molar-refractivity contribution in [2.75, 3.05) is 53.9 Å². The van der Waals surface area contributed by atoms with Gasteiger partial charge in [-0.15, -0.1) is 11.3 Å². The molecule has 3 radical (unpaired) electrons. The normalized spacial score (nSPS) is 36.7. The smallest absolute Gasteiger partial charge is 1.00 e. The zero-order valence-electron chi connectivity index (χ0n) is 132. The van der Waals surface area contributed by atoms with Crippen LogP contribution in [-0.2, 0) is 94.8 Å². The average molecular weight is 2170 g/mol. The number of nitrogens with zero attached hydrogens (tertiary/aromatic N) is 10. The Morgan fingerprint density at radius 3 is 1.24 bits per heavy atom. The van der Waals surface area contributed by atoms with Gasteiger partial charge in [-0.1, -0.05) is 113 Å². The number of nitrogens with two attached hydrogens (primary N) is 1. The van der Waals surface area contributed by atoms with E-state index in [-0.39, 0.29) is 237 Å². The molecule has 18 rings (SSSR count). The molecule has 12 aliphatic rings. The summed E-state index contributed by atoms with van der Waals surface area (Å²) in [5, 5.41) is 45.9. The summed E-state index contributed by atoms with van der Waals surface area (Å²) >= 11 is 4.56. The number of nitriles is 4. The number of esters is 2. The molecule has 6 saturated carbocycles. The second-order valence-electron chi connectivity index (χ2n) is 29.8. The molecule has 0 aromatic carbocycles. The van der Waals surface area contributed by atoms with Crippen LogP contribution < -0.4 is 105 Å². The van der Waals surface area contributed by atoms with Gasteiger partial charge in [0, 0.05) is 236 Å². The molecule has 6 aliphatic carbocycles. The molecule has 143 heavy (non-hydrogen) atoms. The SMILES string of the molecule is Brc1ccccn1.CC(=O)CC#N.CC(=O)O.C[CH-]C.N.[2H]C([2H])(N)c1sccc1C.[2H]C1([2H])COC2(C([2H])([2H])CCC2([2H])[2H])C([2H])([2H])/C1=C(/[N+]#[C-])C(=O)OC.[2H]C1([2H])COC2(C([2H])([2H])CCC2([2H])[2H])C([2H])([2H])C1(CC#N)c1ccccn1.[2H]C1([2H])COC2(C([2H])([2H])CCC2([2H])[2H])C([2H])([2H])C1(CC#N)c1ccccn1.[2H]C1([2H])COC2(C([2H])([2H])CCC2([2H])[2H])C([2H])([2H])C1(CC=O)c1ccccn1.[2H]C1([2H])COC2(C([2H])([2H])CCC2([2H])[2H])C([2H])([2H])C1(c1ccccn1)C(C#N)C(=O)OC.[2H]C1([2H])COC2(C([2H])([2H])CCC2([2H])[2H])C([2H])([2H])C1=O.[B].[Cl-].[H-].[K+].[Mg+2].[Na+].[OH-]. The summed E-state index contributed by atoms with van der Waals surface area (Å²) in [7, 11) is 1.91. The number of ether oxygens (including phenoxy) is 8. The van der Waals surface area contributed by atoms with E-state index in [0.29, 0.717) is 11.2 Å².